The Balaban J connectivity index is 1.26. The highest BCUT2D eigenvalue weighted by Crippen LogP contribution is 2.42. The van der Waals surface area contributed by atoms with Crippen LogP contribution in [0.3, 0.4) is 0 Å². The highest BCUT2D eigenvalue weighted by molar-refractivity contribution is 7.09. The lowest BCUT2D eigenvalue weighted by atomic mass is 9.79. The van der Waals surface area contributed by atoms with Gasteiger partial charge in [-0.25, -0.2) is 4.98 Å². The maximum atomic E-state index is 12.5. The third kappa shape index (κ3) is 3.51. The number of ether oxygens (including phenoxy) is 2. The van der Waals surface area contributed by atoms with Crippen molar-refractivity contribution < 1.29 is 14.3 Å². The monoisotopic (exact) mass is 373 g/mol. The molecule has 26 heavy (non-hydrogen) atoms. The molecule has 0 N–H and O–H groups in total. The van der Waals surface area contributed by atoms with Crippen LogP contribution in [0, 0.1) is 12.8 Å². The van der Waals surface area contributed by atoms with E-state index in [0.29, 0.717) is 37.8 Å². The van der Waals surface area contributed by atoms with Crippen LogP contribution in [0.15, 0.2) is 29.9 Å². The number of carbonyl (C=O) groups excluding carboxylic acids is 1. The molecule has 1 unspecified atom stereocenters. The van der Waals surface area contributed by atoms with Gasteiger partial charge >= 0.3 is 0 Å². The number of aryl methyl sites for hydroxylation is 1. The van der Waals surface area contributed by atoms with Crippen molar-refractivity contribution in [3.05, 3.63) is 46.2 Å². The Hall–Kier alpha value is -1.83. The average Bonchev–Trinajstić information content (AvgIpc) is 3.24. The molecule has 4 rings (SSSR count). The minimum atomic E-state index is -0.177. The summed E-state index contributed by atoms with van der Waals surface area (Å²) in [6.07, 6.45) is 5.30. The van der Waals surface area contributed by atoms with E-state index in [1.807, 2.05) is 17.2 Å². The maximum absolute atomic E-state index is 12.5. The minimum absolute atomic E-state index is 0.0578. The summed E-state index contributed by atoms with van der Waals surface area (Å²) in [6, 6.07) is 3.52. The molecule has 1 spiro atoms. The molecule has 1 amide bonds. The van der Waals surface area contributed by atoms with Crippen molar-refractivity contribution in [1.82, 2.24) is 14.9 Å². The van der Waals surface area contributed by atoms with Gasteiger partial charge in [-0.3, -0.25) is 9.78 Å². The van der Waals surface area contributed by atoms with Crippen LogP contribution in [0.25, 0.3) is 0 Å². The van der Waals surface area contributed by atoms with Gasteiger partial charge in [0.15, 0.2) is 0 Å². The van der Waals surface area contributed by atoms with Gasteiger partial charge in [0.1, 0.15) is 5.60 Å². The molecular formula is C19H23N3O3S. The van der Waals surface area contributed by atoms with Crippen molar-refractivity contribution in [1.29, 1.82) is 0 Å². The molecule has 0 bridgehead atoms. The lowest BCUT2D eigenvalue weighted by Crippen LogP contribution is -2.66. The number of carbonyl (C=O) groups is 1. The van der Waals surface area contributed by atoms with Gasteiger partial charge in [0.05, 0.1) is 30.4 Å². The molecule has 0 saturated carbocycles. The predicted octanol–water partition coefficient (Wildman–Crippen LogP) is 2.68. The molecule has 6 nitrogen and oxygen atoms in total. The van der Waals surface area contributed by atoms with Crippen LogP contribution in [0.2, 0.25) is 0 Å². The molecule has 0 aliphatic carbocycles. The van der Waals surface area contributed by atoms with Gasteiger partial charge in [0.2, 0.25) is 0 Å². The standard InChI is InChI=1S/C19H23N3O3S/c1-14-21-17(11-26-14)10-24-8-4-16-5-9-25-19(16)12-22(13-19)18(23)15-2-6-20-7-3-15/h2-3,6-7,11,16H,4-5,8-10,12-13H2,1H3. The van der Waals surface area contributed by atoms with Crippen LogP contribution in [0.1, 0.15) is 33.9 Å². The molecule has 2 aliphatic heterocycles. The molecule has 7 heteroatoms. The molecule has 1 atom stereocenters. The summed E-state index contributed by atoms with van der Waals surface area (Å²) in [7, 11) is 0. The van der Waals surface area contributed by atoms with Crippen molar-refractivity contribution >= 4 is 17.2 Å². The van der Waals surface area contributed by atoms with E-state index in [-0.39, 0.29) is 11.5 Å². The zero-order valence-electron chi connectivity index (χ0n) is 14.9. The number of aromatic nitrogens is 2. The highest BCUT2D eigenvalue weighted by Gasteiger charge is 2.54. The molecule has 0 radical (unpaired) electrons. The summed E-state index contributed by atoms with van der Waals surface area (Å²) >= 11 is 1.65. The minimum Gasteiger partial charge on any atom is -0.375 e. The first-order chi connectivity index (χ1) is 12.7. The molecule has 0 aromatic carbocycles. The van der Waals surface area contributed by atoms with E-state index in [4.69, 9.17) is 9.47 Å². The van der Waals surface area contributed by atoms with Crippen molar-refractivity contribution in [2.24, 2.45) is 5.92 Å². The Labute approximate surface area is 157 Å². The fourth-order valence-corrected chi connectivity index (χ4v) is 4.44. The van der Waals surface area contributed by atoms with Crippen molar-refractivity contribution in [3.8, 4) is 0 Å². The Morgan fingerprint density at radius 1 is 1.42 bits per heavy atom. The first-order valence-electron chi connectivity index (χ1n) is 8.98. The topological polar surface area (TPSA) is 64.6 Å². The third-order valence-corrected chi connectivity index (χ3v) is 6.08. The molecule has 2 aromatic heterocycles. The number of hydrogen-bond acceptors (Lipinski definition) is 6. The SMILES string of the molecule is Cc1nc(COCCC2CCOC23CN(C(=O)c2ccncc2)C3)cs1. The van der Waals surface area contributed by atoms with Crippen LogP contribution >= 0.6 is 11.3 Å². The van der Waals surface area contributed by atoms with E-state index in [1.165, 1.54) is 0 Å². The Bertz CT molecular complexity index is 758. The van der Waals surface area contributed by atoms with Gasteiger partial charge in [0, 0.05) is 36.6 Å². The van der Waals surface area contributed by atoms with Gasteiger partial charge in [-0.1, -0.05) is 0 Å². The summed E-state index contributed by atoms with van der Waals surface area (Å²) in [6.45, 7) is 5.38. The lowest BCUT2D eigenvalue weighted by Gasteiger charge is -2.50. The second-order valence-electron chi connectivity index (χ2n) is 7.00. The van der Waals surface area contributed by atoms with Crippen LogP contribution in [-0.2, 0) is 16.1 Å². The first kappa shape index (κ1) is 17.6. The van der Waals surface area contributed by atoms with Gasteiger partial charge in [-0.05, 0) is 37.8 Å². The highest BCUT2D eigenvalue weighted by atomic mass is 32.1. The number of nitrogens with zero attached hydrogens (tertiary/aromatic N) is 3. The quantitative estimate of drug-likeness (QED) is 0.729. The predicted molar refractivity (Wildman–Crippen MR) is 98.1 cm³/mol. The maximum Gasteiger partial charge on any atom is 0.254 e. The number of pyridine rings is 1. The third-order valence-electron chi connectivity index (χ3n) is 5.26. The van der Waals surface area contributed by atoms with E-state index >= 15 is 0 Å². The van der Waals surface area contributed by atoms with Gasteiger partial charge in [-0.2, -0.15) is 0 Å². The second kappa shape index (κ2) is 7.42. The Morgan fingerprint density at radius 3 is 2.96 bits per heavy atom. The van der Waals surface area contributed by atoms with Gasteiger partial charge in [-0.15, -0.1) is 11.3 Å². The fourth-order valence-electron chi connectivity index (χ4n) is 3.84. The summed E-state index contributed by atoms with van der Waals surface area (Å²) in [5, 5.41) is 3.12. The lowest BCUT2D eigenvalue weighted by molar-refractivity contribution is -0.120. The normalized spacial score (nSPS) is 21.1. The molecular weight excluding hydrogens is 350 g/mol. The van der Waals surface area contributed by atoms with Crippen LogP contribution < -0.4 is 0 Å². The largest absolute Gasteiger partial charge is 0.375 e. The van der Waals surface area contributed by atoms with E-state index in [0.717, 1.165) is 30.2 Å². The molecule has 2 aliphatic rings. The summed E-state index contributed by atoms with van der Waals surface area (Å²) in [5.41, 5.74) is 1.51. The Kier molecular flexibility index (Phi) is 5.02. The van der Waals surface area contributed by atoms with E-state index in [1.54, 1.807) is 35.9 Å². The van der Waals surface area contributed by atoms with E-state index < -0.39 is 0 Å². The smallest absolute Gasteiger partial charge is 0.254 e. The van der Waals surface area contributed by atoms with Gasteiger partial charge in [0.25, 0.3) is 5.91 Å². The van der Waals surface area contributed by atoms with Crippen LogP contribution in [0.5, 0.6) is 0 Å². The van der Waals surface area contributed by atoms with Crippen molar-refractivity contribution in [3.63, 3.8) is 0 Å². The zero-order valence-corrected chi connectivity index (χ0v) is 15.7. The zero-order chi connectivity index (χ0) is 18.0. The van der Waals surface area contributed by atoms with Crippen molar-refractivity contribution in [2.45, 2.75) is 32.0 Å². The van der Waals surface area contributed by atoms with E-state index in [2.05, 4.69) is 9.97 Å². The molecule has 2 aromatic rings. The number of thiazole rings is 1. The Morgan fingerprint density at radius 2 is 2.23 bits per heavy atom. The second-order valence-corrected chi connectivity index (χ2v) is 8.06. The molecule has 138 valence electrons. The van der Waals surface area contributed by atoms with Gasteiger partial charge < -0.3 is 14.4 Å². The number of rotatable bonds is 6. The fraction of sp³-hybridized carbons (Fsp3) is 0.526. The molecule has 2 fully saturated rings. The summed E-state index contributed by atoms with van der Waals surface area (Å²) in [4.78, 5) is 22.8. The first-order valence-corrected chi connectivity index (χ1v) is 9.86. The summed E-state index contributed by atoms with van der Waals surface area (Å²) < 4.78 is 11.9. The van der Waals surface area contributed by atoms with Crippen LogP contribution in [0.4, 0.5) is 0 Å². The molecule has 2 saturated heterocycles. The van der Waals surface area contributed by atoms with E-state index in [9.17, 15) is 4.79 Å². The number of hydrogen-bond donors (Lipinski definition) is 0. The van der Waals surface area contributed by atoms with Crippen LogP contribution in [-0.4, -0.2) is 52.7 Å². The molecule has 4 heterocycles. The number of amides is 1. The van der Waals surface area contributed by atoms with Crippen molar-refractivity contribution in [2.75, 3.05) is 26.3 Å². The average molecular weight is 373 g/mol. The summed E-state index contributed by atoms with van der Waals surface area (Å²) in [5.74, 6) is 0.503. The number of likely N-dealkylation sites (tertiary alicyclic amines) is 1.